The molecule has 2 fully saturated rings. The van der Waals surface area contributed by atoms with Gasteiger partial charge in [0.1, 0.15) is 5.82 Å². The van der Waals surface area contributed by atoms with E-state index >= 15 is 0 Å². The topological polar surface area (TPSA) is 89.0 Å². The molecular weight excluding hydrogens is 374 g/mol. The van der Waals surface area contributed by atoms with Gasteiger partial charge in [-0.3, -0.25) is 4.79 Å². The molecule has 0 aliphatic heterocycles. The third-order valence-corrected chi connectivity index (χ3v) is 6.42. The number of nitrogens with zero attached hydrogens (tertiary/aromatic N) is 2. The quantitative estimate of drug-likeness (QED) is 0.776. The van der Waals surface area contributed by atoms with Crippen molar-refractivity contribution >= 4 is 15.7 Å². The first kappa shape index (κ1) is 21.0. The van der Waals surface area contributed by atoms with Gasteiger partial charge in [0.05, 0.1) is 11.3 Å². The predicted molar refractivity (Wildman–Crippen MR) is 110 cm³/mol. The van der Waals surface area contributed by atoms with Crippen molar-refractivity contribution in [2.45, 2.75) is 82.6 Å². The molecule has 1 atom stereocenters. The van der Waals surface area contributed by atoms with Crippen molar-refractivity contribution in [3.63, 3.8) is 0 Å². The van der Waals surface area contributed by atoms with E-state index in [1.807, 2.05) is 0 Å². The van der Waals surface area contributed by atoms with E-state index in [0.29, 0.717) is 17.4 Å². The standard InChI is InChI=1S/C21H31N3O3S/c1-15(12-13-28(2,26)27)23-21(25)18-14-22-20(17-10-6-7-11-17)24-19(18)16-8-4-3-5-9-16/h12-17H,3-11H2,1-2H3,(H,23,25). The van der Waals surface area contributed by atoms with E-state index in [4.69, 9.17) is 4.98 Å². The largest absolute Gasteiger partial charge is 0.346 e. The molecule has 1 N–H and O–H groups in total. The summed E-state index contributed by atoms with van der Waals surface area (Å²) in [5.74, 6) is 1.37. The Morgan fingerprint density at radius 1 is 1.11 bits per heavy atom. The fourth-order valence-corrected chi connectivity index (χ4v) is 4.77. The molecular formula is C21H31N3O3S. The average Bonchev–Trinajstić information content (AvgIpc) is 3.21. The third kappa shape index (κ3) is 5.63. The van der Waals surface area contributed by atoms with E-state index < -0.39 is 15.9 Å². The van der Waals surface area contributed by atoms with Crippen molar-refractivity contribution in [3.8, 4) is 0 Å². The van der Waals surface area contributed by atoms with Crippen LogP contribution in [0.2, 0.25) is 0 Å². The summed E-state index contributed by atoms with van der Waals surface area (Å²) in [4.78, 5) is 22.4. The van der Waals surface area contributed by atoms with Gasteiger partial charge in [0.25, 0.3) is 5.91 Å². The molecule has 0 radical (unpaired) electrons. The lowest BCUT2D eigenvalue weighted by molar-refractivity contribution is 0.0944. The fourth-order valence-electron chi connectivity index (χ4n) is 4.25. The molecule has 3 rings (SSSR count). The normalized spacial score (nSPS) is 20.5. The van der Waals surface area contributed by atoms with Crippen LogP contribution < -0.4 is 5.32 Å². The van der Waals surface area contributed by atoms with Crippen LogP contribution in [0.4, 0.5) is 0 Å². The zero-order valence-corrected chi connectivity index (χ0v) is 17.7. The Morgan fingerprint density at radius 2 is 1.71 bits per heavy atom. The molecule has 0 saturated heterocycles. The Bertz CT molecular complexity index is 823. The highest BCUT2D eigenvalue weighted by Crippen LogP contribution is 2.36. The molecule has 154 valence electrons. The number of hydrogen-bond acceptors (Lipinski definition) is 5. The van der Waals surface area contributed by atoms with Gasteiger partial charge in [-0.1, -0.05) is 38.2 Å². The highest BCUT2D eigenvalue weighted by molar-refractivity contribution is 7.93. The van der Waals surface area contributed by atoms with Crippen molar-refractivity contribution < 1.29 is 13.2 Å². The highest BCUT2D eigenvalue weighted by atomic mass is 32.2. The lowest BCUT2D eigenvalue weighted by Crippen LogP contribution is -2.33. The first-order chi connectivity index (χ1) is 13.3. The molecule has 1 amide bonds. The predicted octanol–water partition coefficient (Wildman–Crippen LogP) is 3.86. The van der Waals surface area contributed by atoms with Crippen molar-refractivity contribution in [3.05, 3.63) is 34.8 Å². The molecule has 2 aliphatic rings. The zero-order valence-electron chi connectivity index (χ0n) is 16.9. The van der Waals surface area contributed by atoms with Crippen LogP contribution in [0.15, 0.2) is 17.7 Å². The first-order valence-corrected chi connectivity index (χ1v) is 12.3. The summed E-state index contributed by atoms with van der Waals surface area (Å²) in [6, 6.07) is -0.393. The van der Waals surface area contributed by atoms with Crippen molar-refractivity contribution in [2.75, 3.05) is 6.26 Å². The zero-order chi connectivity index (χ0) is 20.1. The van der Waals surface area contributed by atoms with E-state index in [0.717, 1.165) is 48.9 Å². The van der Waals surface area contributed by atoms with Crippen LogP contribution in [-0.2, 0) is 9.84 Å². The highest BCUT2D eigenvalue weighted by Gasteiger charge is 2.27. The molecule has 1 unspecified atom stereocenters. The fraction of sp³-hybridized carbons (Fsp3) is 0.667. The number of rotatable bonds is 6. The number of carbonyl (C=O) groups is 1. The van der Waals surface area contributed by atoms with Crippen LogP contribution in [-0.4, -0.2) is 36.6 Å². The lowest BCUT2D eigenvalue weighted by Gasteiger charge is -2.24. The second kappa shape index (κ2) is 9.16. The summed E-state index contributed by atoms with van der Waals surface area (Å²) >= 11 is 0. The Kier molecular flexibility index (Phi) is 6.86. The second-order valence-corrected chi connectivity index (χ2v) is 10.2. The van der Waals surface area contributed by atoms with Gasteiger partial charge in [-0.05, 0) is 32.6 Å². The van der Waals surface area contributed by atoms with Crippen molar-refractivity contribution in [1.82, 2.24) is 15.3 Å². The van der Waals surface area contributed by atoms with E-state index in [9.17, 15) is 13.2 Å². The van der Waals surface area contributed by atoms with E-state index in [-0.39, 0.29) is 5.91 Å². The van der Waals surface area contributed by atoms with Crippen LogP contribution in [0, 0.1) is 0 Å². The first-order valence-electron chi connectivity index (χ1n) is 10.4. The summed E-state index contributed by atoms with van der Waals surface area (Å²) in [7, 11) is -3.22. The van der Waals surface area contributed by atoms with Crippen LogP contribution in [0.1, 0.15) is 98.4 Å². The molecule has 7 heteroatoms. The Morgan fingerprint density at radius 3 is 2.36 bits per heavy atom. The SMILES string of the molecule is CC(C=CS(C)(=O)=O)NC(=O)c1cnc(C2CCCC2)nc1C1CCCCC1. The van der Waals surface area contributed by atoms with Gasteiger partial charge in [-0.25, -0.2) is 18.4 Å². The molecule has 0 bridgehead atoms. The second-order valence-electron chi connectivity index (χ2n) is 8.26. The molecule has 1 aromatic heterocycles. The van der Waals surface area contributed by atoms with Crippen LogP contribution >= 0.6 is 0 Å². The van der Waals surface area contributed by atoms with E-state index in [2.05, 4.69) is 10.3 Å². The van der Waals surface area contributed by atoms with Crippen LogP contribution in [0.3, 0.4) is 0 Å². The average molecular weight is 406 g/mol. The molecule has 6 nitrogen and oxygen atoms in total. The monoisotopic (exact) mass is 405 g/mol. The summed E-state index contributed by atoms with van der Waals surface area (Å²) in [5.41, 5.74) is 1.42. The molecule has 1 heterocycles. The maximum atomic E-state index is 12.9. The minimum absolute atomic E-state index is 0.232. The molecule has 0 aromatic carbocycles. The number of nitrogens with one attached hydrogen (secondary N) is 1. The van der Waals surface area contributed by atoms with Gasteiger partial charge >= 0.3 is 0 Å². The van der Waals surface area contributed by atoms with Gasteiger partial charge in [0.2, 0.25) is 0 Å². The number of aromatic nitrogens is 2. The lowest BCUT2D eigenvalue weighted by atomic mass is 9.85. The minimum atomic E-state index is -3.22. The maximum absolute atomic E-state index is 12.9. The molecule has 0 spiro atoms. The van der Waals surface area contributed by atoms with Gasteiger partial charge in [-0.2, -0.15) is 0 Å². The summed E-state index contributed by atoms with van der Waals surface area (Å²) < 4.78 is 22.6. The summed E-state index contributed by atoms with van der Waals surface area (Å²) in [5, 5.41) is 3.99. The van der Waals surface area contributed by atoms with Crippen molar-refractivity contribution in [2.24, 2.45) is 0 Å². The number of amides is 1. The summed E-state index contributed by atoms with van der Waals surface area (Å²) in [6.45, 7) is 1.76. The molecule has 28 heavy (non-hydrogen) atoms. The minimum Gasteiger partial charge on any atom is -0.346 e. The van der Waals surface area contributed by atoms with E-state index in [1.165, 1.54) is 38.2 Å². The van der Waals surface area contributed by atoms with Crippen LogP contribution in [0.5, 0.6) is 0 Å². The smallest absolute Gasteiger partial charge is 0.255 e. The Balaban J connectivity index is 1.83. The maximum Gasteiger partial charge on any atom is 0.255 e. The molecule has 2 aliphatic carbocycles. The number of sulfone groups is 1. The molecule has 2 saturated carbocycles. The molecule has 1 aromatic rings. The van der Waals surface area contributed by atoms with E-state index in [1.54, 1.807) is 13.1 Å². The van der Waals surface area contributed by atoms with Gasteiger partial charge < -0.3 is 5.32 Å². The Hall–Kier alpha value is -1.76. The third-order valence-electron chi connectivity index (χ3n) is 5.77. The summed E-state index contributed by atoms with van der Waals surface area (Å²) in [6.07, 6.45) is 14.7. The number of hydrogen-bond donors (Lipinski definition) is 1. The Labute approximate surface area is 168 Å². The van der Waals surface area contributed by atoms with Crippen molar-refractivity contribution in [1.29, 1.82) is 0 Å². The van der Waals surface area contributed by atoms with Gasteiger partial charge in [0, 0.05) is 35.7 Å². The van der Waals surface area contributed by atoms with Crippen LogP contribution in [0.25, 0.3) is 0 Å². The van der Waals surface area contributed by atoms with Gasteiger partial charge in [-0.15, -0.1) is 0 Å². The van der Waals surface area contributed by atoms with Gasteiger partial charge in [0.15, 0.2) is 9.84 Å². The number of carbonyl (C=O) groups excluding carboxylic acids is 1.